The lowest BCUT2D eigenvalue weighted by atomic mass is 10.2. The quantitative estimate of drug-likeness (QED) is 0.861. The van der Waals surface area contributed by atoms with Crippen LogP contribution < -0.4 is 10.1 Å². The molecule has 1 aromatic heterocycles. The fraction of sp³-hybridized carbons (Fsp3) is 0.545. The van der Waals surface area contributed by atoms with E-state index in [0.29, 0.717) is 19.7 Å². The third-order valence-corrected chi connectivity index (χ3v) is 3.43. The standard InChI is InChI=1S/C11H15N3O4S/c1-2-6-18-8-7(10(15)16)9(19-13-8)12-11(17)14-4-3-5-14/h2-6H2,1H3,(H,12,17)(H,15,16). The number of ether oxygens (including phenoxy) is 1. The van der Waals surface area contributed by atoms with E-state index in [4.69, 9.17) is 4.74 Å². The number of aromatic carboxylic acids is 1. The van der Waals surface area contributed by atoms with Gasteiger partial charge in [0.05, 0.1) is 6.61 Å². The molecule has 0 bridgehead atoms. The van der Waals surface area contributed by atoms with Crippen LogP contribution in [0, 0.1) is 0 Å². The molecule has 0 aliphatic carbocycles. The molecule has 0 saturated carbocycles. The number of likely N-dealkylation sites (tertiary alicyclic amines) is 1. The number of hydrogen-bond donors (Lipinski definition) is 2. The van der Waals surface area contributed by atoms with Crippen molar-refractivity contribution in [3.63, 3.8) is 0 Å². The minimum Gasteiger partial charge on any atom is -0.477 e. The summed E-state index contributed by atoms with van der Waals surface area (Å²) in [6.07, 6.45) is 1.73. The first-order chi connectivity index (χ1) is 9.13. The lowest BCUT2D eigenvalue weighted by molar-refractivity contribution is 0.0693. The van der Waals surface area contributed by atoms with Crippen LogP contribution in [0.25, 0.3) is 0 Å². The van der Waals surface area contributed by atoms with E-state index >= 15 is 0 Å². The molecule has 1 aliphatic rings. The summed E-state index contributed by atoms with van der Waals surface area (Å²) in [5.74, 6) is -1.09. The van der Waals surface area contributed by atoms with Crippen LogP contribution in [0.5, 0.6) is 5.88 Å². The predicted molar refractivity (Wildman–Crippen MR) is 70.1 cm³/mol. The third kappa shape index (κ3) is 2.95. The molecule has 0 aromatic carbocycles. The average Bonchev–Trinajstić information content (AvgIpc) is 2.66. The highest BCUT2D eigenvalue weighted by atomic mass is 32.1. The van der Waals surface area contributed by atoms with Crippen LogP contribution in [0.1, 0.15) is 30.1 Å². The molecular weight excluding hydrogens is 270 g/mol. The fourth-order valence-electron chi connectivity index (χ4n) is 1.54. The number of hydrogen-bond acceptors (Lipinski definition) is 5. The number of carbonyl (C=O) groups excluding carboxylic acids is 1. The van der Waals surface area contributed by atoms with Gasteiger partial charge in [0.2, 0.25) is 5.88 Å². The Hall–Kier alpha value is -1.83. The van der Waals surface area contributed by atoms with Gasteiger partial charge in [0.15, 0.2) is 5.56 Å². The maximum atomic E-state index is 11.8. The van der Waals surface area contributed by atoms with Gasteiger partial charge in [0.1, 0.15) is 5.00 Å². The normalized spacial score (nSPS) is 13.8. The number of carboxylic acid groups (broad SMARTS) is 1. The molecule has 104 valence electrons. The first kappa shape index (κ1) is 13.6. The van der Waals surface area contributed by atoms with Gasteiger partial charge in [-0.1, -0.05) is 6.92 Å². The molecule has 1 saturated heterocycles. The van der Waals surface area contributed by atoms with Crippen LogP contribution in [0.4, 0.5) is 9.80 Å². The number of carboxylic acids is 1. The predicted octanol–water partition coefficient (Wildman–Crippen LogP) is 1.87. The molecular formula is C11H15N3O4S. The highest BCUT2D eigenvalue weighted by Gasteiger charge is 2.26. The van der Waals surface area contributed by atoms with Crippen molar-refractivity contribution in [3.8, 4) is 5.88 Å². The van der Waals surface area contributed by atoms with Crippen LogP contribution >= 0.6 is 11.5 Å². The highest BCUT2D eigenvalue weighted by Crippen LogP contribution is 2.31. The number of nitrogens with one attached hydrogen (secondary N) is 1. The van der Waals surface area contributed by atoms with Crippen molar-refractivity contribution in [2.24, 2.45) is 0 Å². The highest BCUT2D eigenvalue weighted by molar-refractivity contribution is 7.11. The number of rotatable bonds is 5. The summed E-state index contributed by atoms with van der Waals surface area (Å²) in [6.45, 7) is 3.71. The largest absolute Gasteiger partial charge is 0.477 e. The Labute approximate surface area is 114 Å². The average molecular weight is 285 g/mol. The SMILES string of the molecule is CCCOc1nsc(NC(=O)N2CCC2)c1C(=O)O. The Morgan fingerprint density at radius 3 is 2.79 bits per heavy atom. The second kappa shape index (κ2) is 5.87. The molecule has 0 atom stereocenters. The summed E-state index contributed by atoms with van der Waals surface area (Å²) in [6, 6.07) is -0.292. The molecule has 0 radical (unpaired) electrons. The molecule has 1 aromatic rings. The minimum absolute atomic E-state index is 0.0678. The van der Waals surface area contributed by atoms with Crippen molar-refractivity contribution in [1.82, 2.24) is 9.27 Å². The van der Waals surface area contributed by atoms with Gasteiger partial charge in [-0.25, -0.2) is 9.59 Å². The maximum Gasteiger partial charge on any atom is 0.344 e. The molecule has 1 fully saturated rings. The minimum atomic E-state index is -1.15. The lowest BCUT2D eigenvalue weighted by Gasteiger charge is -2.30. The second-order valence-electron chi connectivity index (χ2n) is 4.12. The van der Waals surface area contributed by atoms with E-state index in [0.717, 1.165) is 24.4 Å². The first-order valence-corrected chi connectivity index (χ1v) is 6.82. The van der Waals surface area contributed by atoms with E-state index < -0.39 is 5.97 Å². The number of amides is 2. The van der Waals surface area contributed by atoms with Crippen LogP contribution in [0.3, 0.4) is 0 Å². The molecule has 0 unspecified atom stereocenters. The lowest BCUT2D eigenvalue weighted by Crippen LogP contribution is -2.44. The molecule has 7 nitrogen and oxygen atoms in total. The van der Waals surface area contributed by atoms with Gasteiger partial charge >= 0.3 is 12.0 Å². The smallest absolute Gasteiger partial charge is 0.344 e. The van der Waals surface area contributed by atoms with Gasteiger partial charge in [-0.2, -0.15) is 4.37 Å². The van der Waals surface area contributed by atoms with Crippen molar-refractivity contribution in [2.45, 2.75) is 19.8 Å². The molecule has 2 amide bonds. The fourth-order valence-corrected chi connectivity index (χ4v) is 2.26. The van der Waals surface area contributed by atoms with Crippen molar-refractivity contribution in [3.05, 3.63) is 5.56 Å². The summed E-state index contributed by atoms with van der Waals surface area (Å²) in [5.41, 5.74) is -0.0766. The molecule has 1 aliphatic heterocycles. The molecule has 2 heterocycles. The first-order valence-electron chi connectivity index (χ1n) is 6.05. The van der Waals surface area contributed by atoms with Gasteiger partial charge in [-0.05, 0) is 24.4 Å². The molecule has 2 rings (SSSR count). The summed E-state index contributed by atoms with van der Waals surface area (Å²) >= 11 is 0.921. The van der Waals surface area contributed by atoms with Crippen LogP contribution in [0.2, 0.25) is 0 Å². The van der Waals surface area contributed by atoms with Gasteiger partial charge in [0, 0.05) is 13.1 Å². The summed E-state index contributed by atoms with van der Waals surface area (Å²) in [7, 11) is 0. The second-order valence-corrected chi connectivity index (χ2v) is 4.89. The third-order valence-electron chi connectivity index (χ3n) is 2.68. The monoisotopic (exact) mass is 285 g/mol. The van der Waals surface area contributed by atoms with Gasteiger partial charge in [0.25, 0.3) is 0 Å². The Balaban J connectivity index is 2.12. The summed E-state index contributed by atoms with van der Waals surface area (Å²) in [4.78, 5) is 24.6. The van der Waals surface area contributed by atoms with E-state index in [-0.39, 0.29) is 22.5 Å². The van der Waals surface area contributed by atoms with Crippen molar-refractivity contribution in [2.75, 3.05) is 25.0 Å². The van der Waals surface area contributed by atoms with E-state index in [1.54, 1.807) is 4.90 Å². The Morgan fingerprint density at radius 1 is 1.53 bits per heavy atom. The number of anilines is 1. The van der Waals surface area contributed by atoms with Crippen molar-refractivity contribution < 1.29 is 19.4 Å². The van der Waals surface area contributed by atoms with Gasteiger partial charge in [-0.3, -0.25) is 5.32 Å². The molecule has 0 spiro atoms. The van der Waals surface area contributed by atoms with E-state index in [1.165, 1.54) is 0 Å². The van der Waals surface area contributed by atoms with Crippen LogP contribution in [-0.4, -0.2) is 46.1 Å². The van der Waals surface area contributed by atoms with Gasteiger partial charge < -0.3 is 14.7 Å². The number of urea groups is 1. The number of aromatic nitrogens is 1. The van der Waals surface area contributed by atoms with Crippen molar-refractivity contribution in [1.29, 1.82) is 0 Å². The summed E-state index contributed by atoms with van der Waals surface area (Å²) in [5, 5.41) is 12.0. The Morgan fingerprint density at radius 2 is 2.26 bits per heavy atom. The van der Waals surface area contributed by atoms with Gasteiger partial charge in [-0.15, -0.1) is 0 Å². The topological polar surface area (TPSA) is 91.8 Å². The molecule has 19 heavy (non-hydrogen) atoms. The van der Waals surface area contributed by atoms with Crippen molar-refractivity contribution >= 4 is 28.5 Å². The zero-order valence-electron chi connectivity index (χ0n) is 10.5. The van der Waals surface area contributed by atoms with Crippen LogP contribution in [-0.2, 0) is 0 Å². The van der Waals surface area contributed by atoms with E-state index in [2.05, 4.69) is 9.69 Å². The van der Waals surface area contributed by atoms with E-state index in [1.807, 2.05) is 6.92 Å². The van der Waals surface area contributed by atoms with Crippen LogP contribution in [0.15, 0.2) is 0 Å². The zero-order valence-corrected chi connectivity index (χ0v) is 11.3. The van der Waals surface area contributed by atoms with E-state index in [9.17, 15) is 14.7 Å². The maximum absolute atomic E-state index is 11.8. The molecule has 2 N–H and O–H groups in total. The molecule has 8 heteroatoms. The zero-order chi connectivity index (χ0) is 13.8. The summed E-state index contributed by atoms with van der Waals surface area (Å²) < 4.78 is 9.20. The number of nitrogens with zero attached hydrogens (tertiary/aromatic N) is 2. The Bertz CT molecular complexity index is 484. The Kier molecular flexibility index (Phi) is 4.20. The number of carbonyl (C=O) groups is 2.